The molecule has 0 spiro atoms. The van der Waals surface area contributed by atoms with E-state index in [9.17, 15) is 9.59 Å². The van der Waals surface area contributed by atoms with E-state index in [-0.39, 0.29) is 23.8 Å². The number of likely N-dealkylation sites (tertiary alicyclic amines) is 1. The van der Waals surface area contributed by atoms with Crippen LogP contribution in [0.4, 0.5) is 0 Å². The number of hydrogen-bond acceptors (Lipinski definition) is 3. The lowest BCUT2D eigenvalue weighted by atomic mass is 9.95. The average Bonchev–Trinajstić information content (AvgIpc) is 2.79. The quantitative estimate of drug-likeness (QED) is 0.701. The molecule has 5 nitrogen and oxygen atoms in total. The Morgan fingerprint density at radius 3 is 2.23 bits per heavy atom. The Kier molecular flexibility index (Phi) is 8.10. The predicted molar refractivity (Wildman–Crippen MR) is 125 cm³/mol. The van der Waals surface area contributed by atoms with Crippen LogP contribution in [0.15, 0.2) is 48.5 Å². The molecule has 166 valence electrons. The van der Waals surface area contributed by atoms with Crippen molar-refractivity contribution in [2.75, 3.05) is 33.7 Å². The Morgan fingerprint density at radius 2 is 1.68 bits per heavy atom. The maximum Gasteiger partial charge on any atom is 0.253 e. The minimum atomic E-state index is -0.0560. The Labute approximate surface area is 190 Å². The molecule has 0 aliphatic carbocycles. The average molecular weight is 442 g/mol. The number of nitrogens with zero attached hydrogens (tertiary/aromatic N) is 2. The summed E-state index contributed by atoms with van der Waals surface area (Å²) in [6.07, 6.45) is 2.38. The Morgan fingerprint density at radius 1 is 1.06 bits per heavy atom. The summed E-state index contributed by atoms with van der Waals surface area (Å²) < 4.78 is 0. The first-order chi connectivity index (χ1) is 14.9. The second kappa shape index (κ2) is 10.8. The van der Waals surface area contributed by atoms with Crippen molar-refractivity contribution >= 4 is 23.4 Å². The fourth-order valence-corrected chi connectivity index (χ4v) is 4.16. The molecule has 3 rings (SSSR count). The van der Waals surface area contributed by atoms with Crippen LogP contribution in [0.2, 0.25) is 5.02 Å². The van der Waals surface area contributed by atoms with E-state index in [1.807, 2.05) is 19.0 Å². The minimum absolute atomic E-state index is 0.00118. The van der Waals surface area contributed by atoms with Gasteiger partial charge in [-0.05, 0) is 68.8 Å². The second-order valence-corrected chi connectivity index (χ2v) is 8.83. The molecule has 0 bridgehead atoms. The zero-order valence-electron chi connectivity index (χ0n) is 18.6. The molecule has 1 saturated heterocycles. The first-order valence-electron chi connectivity index (χ1n) is 11.0. The number of rotatable bonds is 7. The van der Waals surface area contributed by atoms with Crippen LogP contribution >= 0.6 is 11.6 Å². The second-order valence-electron chi connectivity index (χ2n) is 8.39. The molecular weight excluding hydrogens is 410 g/mol. The van der Waals surface area contributed by atoms with Crippen LogP contribution in [0.1, 0.15) is 47.3 Å². The fourth-order valence-electron chi connectivity index (χ4n) is 4.04. The lowest BCUT2D eigenvalue weighted by molar-refractivity contribution is -0.126. The van der Waals surface area contributed by atoms with Gasteiger partial charge in [0.15, 0.2) is 0 Å². The highest BCUT2D eigenvalue weighted by Crippen LogP contribution is 2.22. The molecule has 1 fully saturated rings. The number of aryl methyl sites for hydroxylation is 1. The number of carbonyl (C=O) groups is 2. The Balaban J connectivity index is 1.51. The third kappa shape index (κ3) is 6.08. The molecule has 0 saturated carbocycles. The molecule has 1 atom stereocenters. The van der Waals surface area contributed by atoms with E-state index in [1.165, 1.54) is 11.1 Å². The first kappa shape index (κ1) is 23.3. The number of nitrogens with one attached hydrogen (secondary N) is 1. The van der Waals surface area contributed by atoms with Crippen LogP contribution in [-0.2, 0) is 11.2 Å². The SMILES string of the molecule is CCc1ccc(C(CNC(=O)C2CCN(C(=O)c3ccc(Cl)cc3)CC2)N(C)C)cc1. The summed E-state index contributed by atoms with van der Waals surface area (Å²) in [6.45, 7) is 3.90. The smallest absolute Gasteiger partial charge is 0.253 e. The molecule has 0 aromatic heterocycles. The third-order valence-electron chi connectivity index (χ3n) is 6.11. The molecule has 1 aliphatic rings. The molecule has 2 aromatic carbocycles. The van der Waals surface area contributed by atoms with Gasteiger partial charge in [-0.15, -0.1) is 0 Å². The lowest BCUT2D eigenvalue weighted by Crippen LogP contribution is -2.44. The molecule has 1 N–H and O–H groups in total. The summed E-state index contributed by atoms with van der Waals surface area (Å²) in [5.74, 6) is 0.0221. The van der Waals surface area contributed by atoms with Crippen molar-refractivity contribution < 1.29 is 9.59 Å². The van der Waals surface area contributed by atoms with Crippen LogP contribution in [0.25, 0.3) is 0 Å². The number of likely N-dealkylation sites (N-methyl/N-ethyl adjacent to an activating group) is 1. The van der Waals surface area contributed by atoms with E-state index in [0.717, 1.165) is 6.42 Å². The normalized spacial score (nSPS) is 15.7. The number of hydrogen-bond donors (Lipinski definition) is 1. The molecule has 1 aliphatic heterocycles. The number of halogens is 1. The Bertz CT molecular complexity index is 873. The highest BCUT2D eigenvalue weighted by atomic mass is 35.5. The summed E-state index contributed by atoms with van der Waals surface area (Å²) in [7, 11) is 4.07. The zero-order chi connectivity index (χ0) is 22.4. The molecule has 2 aromatic rings. The zero-order valence-corrected chi connectivity index (χ0v) is 19.4. The molecule has 2 amide bonds. The van der Waals surface area contributed by atoms with Gasteiger partial charge in [-0.1, -0.05) is 42.8 Å². The van der Waals surface area contributed by atoms with Gasteiger partial charge in [0, 0.05) is 36.1 Å². The van der Waals surface area contributed by atoms with Crippen molar-refractivity contribution in [3.63, 3.8) is 0 Å². The van der Waals surface area contributed by atoms with E-state index in [0.29, 0.717) is 43.1 Å². The number of piperidine rings is 1. The minimum Gasteiger partial charge on any atom is -0.354 e. The van der Waals surface area contributed by atoms with E-state index in [2.05, 4.69) is 41.4 Å². The van der Waals surface area contributed by atoms with Crippen molar-refractivity contribution in [1.82, 2.24) is 15.1 Å². The summed E-state index contributed by atoms with van der Waals surface area (Å²) in [4.78, 5) is 29.4. The van der Waals surface area contributed by atoms with Gasteiger partial charge < -0.3 is 15.1 Å². The van der Waals surface area contributed by atoms with Crippen LogP contribution in [0, 0.1) is 5.92 Å². The number of amides is 2. The van der Waals surface area contributed by atoms with Crippen LogP contribution in [0.5, 0.6) is 0 Å². The van der Waals surface area contributed by atoms with Crippen LogP contribution in [0.3, 0.4) is 0 Å². The van der Waals surface area contributed by atoms with Gasteiger partial charge in [0.25, 0.3) is 5.91 Å². The highest BCUT2D eigenvalue weighted by molar-refractivity contribution is 6.30. The summed E-state index contributed by atoms with van der Waals surface area (Å²) in [6, 6.07) is 15.7. The fraction of sp³-hybridized carbons (Fsp3) is 0.440. The number of benzene rings is 2. The largest absolute Gasteiger partial charge is 0.354 e. The molecule has 1 unspecified atom stereocenters. The third-order valence-corrected chi connectivity index (χ3v) is 6.36. The molecular formula is C25H32ClN3O2. The molecule has 1 heterocycles. The van der Waals surface area contributed by atoms with Gasteiger partial charge in [0.2, 0.25) is 5.91 Å². The van der Waals surface area contributed by atoms with Crippen LogP contribution < -0.4 is 5.32 Å². The summed E-state index contributed by atoms with van der Waals surface area (Å²) >= 11 is 5.91. The van der Waals surface area contributed by atoms with Gasteiger partial charge in [0.1, 0.15) is 0 Å². The summed E-state index contributed by atoms with van der Waals surface area (Å²) in [5, 5.41) is 3.76. The van der Waals surface area contributed by atoms with Crippen molar-refractivity contribution in [1.29, 1.82) is 0 Å². The molecule has 31 heavy (non-hydrogen) atoms. The van der Waals surface area contributed by atoms with Crippen LogP contribution in [-0.4, -0.2) is 55.3 Å². The highest BCUT2D eigenvalue weighted by Gasteiger charge is 2.28. The lowest BCUT2D eigenvalue weighted by Gasteiger charge is -2.32. The van der Waals surface area contributed by atoms with Gasteiger partial charge in [-0.3, -0.25) is 9.59 Å². The summed E-state index contributed by atoms with van der Waals surface area (Å²) in [5.41, 5.74) is 3.14. The van der Waals surface area contributed by atoms with Crippen molar-refractivity contribution in [2.45, 2.75) is 32.2 Å². The van der Waals surface area contributed by atoms with E-state index < -0.39 is 0 Å². The van der Waals surface area contributed by atoms with Gasteiger partial charge in [-0.25, -0.2) is 0 Å². The van der Waals surface area contributed by atoms with Gasteiger partial charge in [-0.2, -0.15) is 0 Å². The standard InChI is InChI=1S/C25H32ClN3O2/c1-4-18-5-7-19(8-6-18)23(28(2)3)17-27-24(30)20-13-15-29(16-14-20)25(31)21-9-11-22(26)12-10-21/h5-12,20,23H,4,13-17H2,1-3H3,(H,27,30). The Hall–Kier alpha value is -2.37. The van der Waals surface area contributed by atoms with Crippen molar-refractivity contribution in [3.05, 3.63) is 70.2 Å². The first-order valence-corrected chi connectivity index (χ1v) is 11.3. The van der Waals surface area contributed by atoms with E-state index >= 15 is 0 Å². The van der Waals surface area contributed by atoms with Crippen molar-refractivity contribution in [2.24, 2.45) is 5.92 Å². The topological polar surface area (TPSA) is 52.7 Å². The maximum absolute atomic E-state index is 12.8. The predicted octanol–water partition coefficient (Wildman–Crippen LogP) is 4.17. The van der Waals surface area contributed by atoms with Gasteiger partial charge >= 0.3 is 0 Å². The number of carbonyl (C=O) groups excluding carboxylic acids is 2. The van der Waals surface area contributed by atoms with Gasteiger partial charge in [0.05, 0.1) is 6.04 Å². The van der Waals surface area contributed by atoms with E-state index in [1.54, 1.807) is 24.3 Å². The molecule has 6 heteroatoms. The monoisotopic (exact) mass is 441 g/mol. The molecule has 0 radical (unpaired) electrons. The maximum atomic E-state index is 12.8. The van der Waals surface area contributed by atoms with E-state index in [4.69, 9.17) is 11.6 Å². The van der Waals surface area contributed by atoms with Crippen molar-refractivity contribution in [3.8, 4) is 0 Å².